The van der Waals surface area contributed by atoms with Crippen LogP contribution in [0.4, 0.5) is 0 Å². The number of aliphatic hydroxyl groups is 1. The van der Waals surface area contributed by atoms with Gasteiger partial charge in [0.15, 0.2) is 0 Å². The van der Waals surface area contributed by atoms with Crippen LogP contribution in [0.2, 0.25) is 0 Å². The van der Waals surface area contributed by atoms with Gasteiger partial charge in [-0.2, -0.15) is 0 Å². The lowest BCUT2D eigenvalue weighted by Crippen LogP contribution is -2.58. The highest BCUT2D eigenvalue weighted by atomic mass is 16.6. The predicted octanol–water partition coefficient (Wildman–Crippen LogP) is 0.850. The molecule has 2 aromatic rings. The fourth-order valence-corrected chi connectivity index (χ4v) is 6.39. The van der Waals surface area contributed by atoms with E-state index in [0.29, 0.717) is 24.8 Å². The average molecular weight is 500 g/mol. The van der Waals surface area contributed by atoms with Gasteiger partial charge < -0.3 is 24.8 Å². The molecule has 2 amide bonds. The van der Waals surface area contributed by atoms with Crippen LogP contribution in [-0.2, 0) is 30.5 Å². The van der Waals surface area contributed by atoms with E-state index >= 15 is 0 Å². The topological polar surface area (TPSA) is 136 Å². The zero-order valence-electron chi connectivity index (χ0n) is 20.8. The molecular weight excluding hydrogens is 466 g/mol. The summed E-state index contributed by atoms with van der Waals surface area (Å²) in [5.41, 5.74) is 0.329. The first-order chi connectivity index (χ1) is 17.3. The number of aromatic nitrogens is 3. The molecule has 0 unspecified atom stereocenters. The third-order valence-corrected chi connectivity index (χ3v) is 7.72. The van der Waals surface area contributed by atoms with Gasteiger partial charge in [-0.25, -0.2) is 4.68 Å². The van der Waals surface area contributed by atoms with Gasteiger partial charge in [0.05, 0.1) is 42.7 Å². The molecule has 2 N–H and O–H groups in total. The van der Waals surface area contributed by atoms with Crippen molar-refractivity contribution in [3.05, 3.63) is 24.3 Å². The zero-order chi connectivity index (χ0) is 25.6. The molecular formula is C25H33N5O6. The Morgan fingerprint density at radius 2 is 2.11 bits per heavy atom. The maximum absolute atomic E-state index is 13.9. The van der Waals surface area contributed by atoms with Gasteiger partial charge in [-0.3, -0.25) is 14.4 Å². The summed E-state index contributed by atoms with van der Waals surface area (Å²) in [4.78, 5) is 42.1. The highest BCUT2D eigenvalue weighted by Crippen LogP contribution is 2.59. The number of rotatable bonds is 9. The third kappa shape index (κ3) is 3.76. The summed E-state index contributed by atoms with van der Waals surface area (Å²) in [5.74, 6) is -2.61. The first kappa shape index (κ1) is 24.6. The highest BCUT2D eigenvalue weighted by Gasteiger charge is 2.75. The molecule has 3 aliphatic heterocycles. The zero-order valence-corrected chi connectivity index (χ0v) is 20.8. The van der Waals surface area contributed by atoms with E-state index < -0.39 is 47.5 Å². The van der Waals surface area contributed by atoms with Crippen molar-refractivity contribution >= 4 is 28.8 Å². The quantitative estimate of drug-likeness (QED) is 0.485. The summed E-state index contributed by atoms with van der Waals surface area (Å²) >= 11 is 0. The Morgan fingerprint density at radius 1 is 1.33 bits per heavy atom. The molecule has 5 rings (SSSR count). The molecule has 11 heteroatoms. The molecule has 3 fully saturated rings. The lowest BCUT2D eigenvalue weighted by Gasteiger charge is -2.37. The van der Waals surface area contributed by atoms with E-state index in [1.54, 1.807) is 11.6 Å². The van der Waals surface area contributed by atoms with Crippen LogP contribution in [0.3, 0.4) is 0 Å². The van der Waals surface area contributed by atoms with Crippen molar-refractivity contribution in [2.45, 2.75) is 70.5 Å². The maximum Gasteiger partial charge on any atom is 0.312 e. The van der Waals surface area contributed by atoms with Gasteiger partial charge in [-0.1, -0.05) is 31.2 Å². The molecule has 0 radical (unpaired) electrons. The summed E-state index contributed by atoms with van der Waals surface area (Å²) in [6.45, 7) is 5.67. The van der Waals surface area contributed by atoms with E-state index in [2.05, 4.69) is 15.6 Å². The molecule has 6 atom stereocenters. The van der Waals surface area contributed by atoms with Crippen molar-refractivity contribution in [3.8, 4) is 0 Å². The van der Waals surface area contributed by atoms with Gasteiger partial charge in [-0.05, 0) is 44.2 Å². The molecule has 3 aliphatic rings. The number of ether oxygens (including phenoxy) is 2. The minimum Gasteiger partial charge on any atom is -0.466 e. The van der Waals surface area contributed by atoms with E-state index in [0.717, 1.165) is 5.52 Å². The first-order valence-electron chi connectivity index (χ1n) is 12.7. The van der Waals surface area contributed by atoms with Gasteiger partial charge in [0.1, 0.15) is 23.8 Å². The summed E-state index contributed by atoms with van der Waals surface area (Å²) in [7, 11) is 0. The second-order valence-corrected chi connectivity index (χ2v) is 10.3. The van der Waals surface area contributed by atoms with Gasteiger partial charge in [0.25, 0.3) is 0 Å². The number of hydrogen-bond donors (Lipinski definition) is 2. The van der Waals surface area contributed by atoms with Crippen LogP contribution in [0, 0.1) is 17.8 Å². The SMILES string of the molecule is CCOC(=O)[C@@H]1[C@@H]2CC[C@]3(O2)[C@H](C(=O)NCn2nnc4ccccc42)N([C@@H](CO)CC(C)C)C(=O)[C@@H]13. The van der Waals surface area contributed by atoms with Crippen molar-refractivity contribution in [2.75, 3.05) is 13.2 Å². The van der Waals surface area contributed by atoms with E-state index in [1.165, 1.54) is 4.90 Å². The van der Waals surface area contributed by atoms with E-state index in [1.807, 2.05) is 38.1 Å². The van der Waals surface area contributed by atoms with E-state index in [-0.39, 0.29) is 31.7 Å². The Morgan fingerprint density at radius 3 is 2.83 bits per heavy atom. The highest BCUT2D eigenvalue weighted by molar-refractivity contribution is 5.98. The first-order valence-corrected chi connectivity index (χ1v) is 12.7. The maximum atomic E-state index is 13.9. The summed E-state index contributed by atoms with van der Waals surface area (Å²) < 4.78 is 13.2. The second kappa shape index (κ2) is 9.44. The summed E-state index contributed by atoms with van der Waals surface area (Å²) in [6.07, 6.45) is 1.08. The molecule has 0 saturated carbocycles. The lowest BCUT2D eigenvalue weighted by atomic mass is 9.71. The Labute approximate surface area is 209 Å². The minimum atomic E-state index is -1.14. The number of fused-ring (bicyclic) bond motifs is 2. The average Bonchev–Trinajstić information content (AvgIpc) is 3.60. The number of hydrogen-bond acceptors (Lipinski definition) is 8. The fourth-order valence-electron chi connectivity index (χ4n) is 6.39. The Kier molecular flexibility index (Phi) is 6.46. The van der Waals surface area contributed by atoms with Crippen LogP contribution < -0.4 is 5.32 Å². The number of para-hydroxylation sites is 1. The van der Waals surface area contributed by atoms with Crippen LogP contribution in [0.25, 0.3) is 11.0 Å². The Hall–Kier alpha value is -3.05. The summed E-state index contributed by atoms with van der Waals surface area (Å²) in [5, 5.41) is 21.4. The number of carbonyl (C=O) groups is 3. The molecule has 1 aromatic heterocycles. The smallest absolute Gasteiger partial charge is 0.312 e. The predicted molar refractivity (Wildman–Crippen MR) is 127 cm³/mol. The molecule has 4 heterocycles. The van der Waals surface area contributed by atoms with Crippen molar-refractivity contribution in [1.29, 1.82) is 0 Å². The standard InChI is InChI=1S/C25H33N5O6/c1-4-35-24(34)19-18-9-10-25(36-18)20(19)23(33)30(15(12-31)11-14(2)3)21(25)22(32)26-13-29-17-8-6-5-7-16(17)27-28-29/h5-8,14-15,18-21,31H,4,9-13H2,1-3H3,(H,26,32)/t15-,18+,19-,20-,21+,25-/m1/s1. The third-order valence-electron chi connectivity index (χ3n) is 7.72. The largest absolute Gasteiger partial charge is 0.466 e. The van der Waals surface area contributed by atoms with Crippen LogP contribution in [-0.4, -0.2) is 79.8 Å². The van der Waals surface area contributed by atoms with Crippen molar-refractivity contribution in [2.24, 2.45) is 17.8 Å². The number of amides is 2. The number of nitrogens with one attached hydrogen (secondary N) is 1. The van der Waals surface area contributed by atoms with Gasteiger partial charge in [-0.15, -0.1) is 5.10 Å². The number of likely N-dealkylation sites (tertiary alicyclic amines) is 1. The molecule has 1 spiro atoms. The molecule has 1 aromatic carbocycles. The monoisotopic (exact) mass is 499 g/mol. The number of carbonyl (C=O) groups excluding carboxylic acids is 3. The van der Waals surface area contributed by atoms with Crippen molar-refractivity contribution < 1.29 is 29.0 Å². The molecule has 3 saturated heterocycles. The number of aliphatic hydroxyl groups excluding tert-OH is 1. The van der Waals surface area contributed by atoms with E-state index in [4.69, 9.17) is 9.47 Å². The Balaban J connectivity index is 1.48. The molecule has 36 heavy (non-hydrogen) atoms. The summed E-state index contributed by atoms with van der Waals surface area (Å²) in [6, 6.07) is 5.86. The number of esters is 1. The van der Waals surface area contributed by atoms with Crippen LogP contribution in [0.5, 0.6) is 0 Å². The van der Waals surface area contributed by atoms with Gasteiger partial charge in [0.2, 0.25) is 11.8 Å². The molecule has 194 valence electrons. The van der Waals surface area contributed by atoms with E-state index in [9.17, 15) is 19.5 Å². The number of benzene rings is 1. The molecule has 0 aliphatic carbocycles. The second-order valence-electron chi connectivity index (χ2n) is 10.3. The van der Waals surface area contributed by atoms with Gasteiger partial charge >= 0.3 is 5.97 Å². The molecule has 11 nitrogen and oxygen atoms in total. The van der Waals surface area contributed by atoms with Crippen LogP contribution in [0.15, 0.2) is 24.3 Å². The Bertz CT molecular complexity index is 1170. The lowest BCUT2D eigenvalue weighted by molar-refractivity contribution is -0.155. The molecule has 2 bridgehead atoms. The normalized spacial score (nSPS) is 29.7. The minimum absolute atomic E-state index is 0.0529. The van der Waals surface area contributed by atoms with Crippen LogP contribution in [0.1, 0.15) is 40.0 Å². The van der Waals surface area contributed by atoms with Gasteiger partial charge in [0, 0.05) is 0 Å². The number of nitrogens with zero attached hydrogens (tertiary/aromatic N) is 4. The van der Waals surface area contributed by atoms with Crippen LogP contribution >= 0.6 is 0 Å². The fraction of sp³-hybridized carbons (Fsp3) is 0.640. The van der Waals surface area contributed by atoms with Crippen molar-refractivity contribution in [3.63, 3.8) is 0 Å². The van der Waals surface area contributed by atoms with Crippen molar-refractivity contribution in [1.82, 2.24) is 25.2 Å².